The van der Waals surface area contributed by atoms with Gasteiger partial charge in [-0.1, -0.05) is 53.9 Å². The molecule has 4 aromatic rings. The summed E-state index contributed by atoms with van der Waals surface area (Å²) < 4.78 is 1.79. The summed E-state index contributed by atoms with van der Waals surface area (Å²) in [5.74, 6) is 0. The number of hydrogen-bond acceptors (Lipinski definition) is 0. The maximum absolute atomic E-state index is 3.48. The SMILES string of the molecule is CCCC[C](=[Zr+2])CCCC.[C-]1=CC=CC1.[Cl-].[Cl-].[c-]1cccc2c1c1c(c3ccccc32)-c2ccccc2C1. The number of fused-ring (bicyclic) bond motifs is 8. The third-order valence-electron chi connectivity index (χ3n) is 6.85. The first-order chi connectivity index (χ1) is 17.7. The van der Waals surface area contributed by atoms with Gasteiger partial charge in [0, 0.05) is 0 Å². The van der Waals surface area contributed by atoms with Crippen molar-refractivity contribution in [3.05, 3.63) is 108 Å². The second-order valence-corrected chi connectivity index (χ2v) is 11.2. The summed E-state index contributed by atoms with van der Waals surface area (Å²) in [4.78, 5) is 0. The molecule has 196 valence electrons. The van der Waals surface area contributed by atoms with Gasteiger partial charge in [0.2, 0.25) is 0 Å². The first-order valence-corrected chi connectivity index (χ1v) is 14.7. The number of halogens is 2. The average Bonchev–Trinajstić information content (AvgIpc) is 3.63. The topological polar surface area (TPSA) is 0 Å². The second-order valence-electron chi connectivity index (χ2n) is 9.51. The van der Waals surface area contributed by atoms with Crippen LogP contribution in [0.15, 0.2) is 85.0 Å². The largest absolute Gasteiger partial charge is 1.00 e. The monoisotopic (exact) mass is 616 g/mol. The molecule has 2 aliphatic rings. The Hall–Kier alpha value is -1.79. The van der Waals surface area contributed by atoms with Crippen LogP contribution in [0.3, 0.4) is 0 Å². The van der Waals surface area contributed by atoms with Gasteiger partial charge in [-0.05, 0) is 28.5 Å². The molecule has 0 unspecified atom stereocenters. The first-order valence-electron chi connectivity index (χ1n) is 13.4. The molecule has 0 radical (unpaired) electrons. The smallest absolute Gasteiger partial charge is 0.0240 e. The number of benzene rings is 4. The van der Waals surface area contributed by atoms with E-state index in [1.165, 1.54) is 82.3 Å². The van der Waals surface area contributed by atoms with Crippen LogP contribution in [0.4, 0.5) is 0 Å². The van der Waals surface area contributed by atoms with Gasteiger partial charge in [0.15, 0.2) is 0 Å². The van der Waals surface area contributed by atoms with Crippen molar-refractivity contribution in [3.63, 3.8) is 0 Å². The van der Waals surface area contributed by atoms with E-state index in [1.807, 2.05) is 18.2 Å². The quantitative estimate of drug-likeness (QED) is 0.201. The maximum atomic E-state index is 3.48. The molecule has 0 atom stereocenters. The molecule has 6 rings (SSSR count). The van der Waals surface area contributed by atoms with E-state index in [-0.39, 0.29) is 24.8 Å². The Morgan fingerprint density at radius 1 is 0.816 bits per heavy atom. The number of rotatable bonds is 6. The minimum atomic E-state index is 0. The van der Waals surface area contributed by atoms with Crippen LogP contribution in [0, 0.1) is 12.1 Å². The van der Waals surface area contributed by atoms with Crippen LogP contribution >= 0.6 is 0 Å². The van der Waals surface area contributed by atoms with E-state index in [4.69, 9.17) is 0 Å². The normalized spacial score (nSPS) is 11.9. The molecule has 0 N–H and O–H groups in total. The third-order valence-corrected chi connectivity index (χ3v) is 8.08. The van der Waals surface area contributed by atoms with Crippen molar-refractivity contribution < 1.29 is 49.0 Å². The molecular weight excluding hydrogens is 583 g/mol. The zero-order valence-electron chi connectivity index (χ0n) is 22.5. The Balaban J connectivity index is 0.000000253. The van der Waals surface area contributed by atoms with Crippen molar-refractivity contribution in [1.82, 2.24) is 0 Å². The molecule has 0 nitrogen and oxygen atoms in total. The van der Waals surface area contributed by atoms with Crippen LogP contribution in [0.2, 0.25) is 0 Å². The molecule has 0 saturated carbocycles. The fourth-order valence-corrected chi connectivity index (χ4v) is 5.84. The van der Waals surface area contributed by atoms with E-state index in [0.29, 0.717) is 0 Å². The van der Waals surface area contributed by atoms with Crippen LogP contribution in [-0.2, 0) is 30.7 Å². The summed E-state index contributed by atoms with van der Waals surface area (Å²) >= 11 is 1.67. The standard InChI is InChI=1S/C21H13.C9H18.C5H5.2ClH.Zr/c1-2-8-15-14(7-1)13-20-18-11-4-3-9-16(18)17-10-5-6-12-19(17)21(15)20;1-3-5-7-9-8-6-4-2;1-2-4-5-3-1;;;/h1-10,12H,13H2;3-8H2,1-2H3;1-3H,4H2;2*1H;/q-1;;-1;;;+2/p-2. The van der Waals surface area contributed by atoms with Crippen molar-refractivity contribution in [3.8, 4) is 11.1 Å². The number of unbranched alkanes of at least 4 members (excludes halogenated alkanes) is 2. The van der Waals surface area contributed by atoms with Gasteiger partial charge in [0.1, 0.15) is 0 Å². The minimum Gasteiger partial charge on any atom is -1.00 e. The fourth-order valence-electron chi connectivity index (χ4n) is 4.97. The van der Waals surface area contributed by atoms with Gasteiger partial charge in [-0.25, -0.2) is 12.2 Å². The Labute approximate surface area is 256 Å². The average molecular weight is 619 g/mol. The molecule has 0 saturated heterocycles. The van der Waals surface area contributed by atoms with E-state index in [9.17, 15) is 0 Å². The Kier molecular flexibility index (Phi) is 14.5. The summed E-state index contributed by atoms with van der Waals surface area (Å²) in [6.45, 7) is 4.53. The van der Waals surface area contributed by atoms with Crippen LogP contribution < -0.4 is 24.8 Å². The van der Waals surface area contributed by atoms with Crippen molar-refractivity contribution in [2.24, 2.45) is 0 Å². The molecule has 0 fully saturated rings. The fraction of sp³-hybridized carbons (Fsp3) is 0.286. The molecule has 4 aromatic carbocycles. The summed E-state index contributed by atoms with van der Waals surface area (Å²) in [7, 11) is 0. The third kappa shape index (κ3) is 8.11. The predicted molar refractivity (Wildman–Crippen MR) is 154 cm³/mol. The Bertz CT molecular complexity index is 1360. The number of allylic oxidation sites excluding steroid dienone is 4. The predicted octanol–water partition coefficient (Wildman–Crippen LogP) is 3.76. The van der Waals surface area contributed by atoms with E-state index in [0.717, 1.165) is 12.8 Å². The van der Waals surface area contributed by atoms with Crippen molar-refractivity contribution in [2.75, 3.05) is 0 Å². The first kappa shape index (κ1) is 32.4. The van der Waals surface area contributed by atoms with E-state index >= 15 is 0 Å². The summed E-state index contributed by atoms with van der Waals surface area (Å²) in [5.41, 5.74) is 5.67. The zero-order chi connectivity index (χ0) is 25.2. The molecule has 0 heterocycles. The van der Waals surface area contributed by atoms with Crippen molar-refractivity contribution in [2.45, 2.75) is 65.2 Å². The molecule has 3 heteroatoms. The molecule has 0 aromatic heterocycles. The van der Waals surface area contributed by atoms with Gasteiger partial charge in [0.05, 0.1) is 0 Å². The molecule has 0 amide bonds. The molecule has 2 aliphatic carbocycles. The Morgan fingerprint density at radius 2 is 1.47 bits per heavy atom. The second kappa shape index (κ2) is 17.0. The van der Waals surface area contributed by atoms with Crippen LogP contribution in [-0.4, -0.2) is 3.21 Å². The molecular formula is C35H36Cl2Zr-2. The van der Waals surface area contributed by atoms with Crippen LogP contribution in [0.5, 0.6) is 0 Å². The summed E-state index contributed by atoms with van der Waals surface area (Å²) in [6.07, 6.45) is 19.3. The van der Waals surface area contributed by atoms with E-state index < -0.39 is 0 Å². The molecule has 38 heavy (non-hydrogen) atoms. The van der Waals surface area contributed by atoms with E-state index in [2.05, 4.69) is 92.7 Å². The maximum Gasteiger partial charge on any atom is -0.0240 e. The van der Waals surface area contributed by atoms with Crippen molar-refractivity contribution >= 4 is 24.8 Å². The molecule has 0 aliphatic heterocycles. The van der Waals surface area contributed by atoms with E-state index in [1.54, 1.807) is 27.4 Å². The van der Waals surface area contributed by atoms with Crippen LogP contribution in [0.25, 0.3) is 32.7 Å². The molecule has 0 spiro atoms. The minimum absolute atomic E-state index is 0. The summed E-state index contributed by atoms with van der Waals surface area (Å²) in [5, 5.41) is 5.30. The van der Waals surface area contributed by atoms with Gasteiger partial charge in [-0.15, -0.1) is 47.0 Å². The van der Waals surface area contributed by atoms with Crippen LogP contribution in [0.1, 0.15) is 69.9 Å². The zero-order valence-corrected chi connectivity index (χ0v) is 26.5. The van der Waals surface area contributed by atoms with Gasteiger partial charge in [0.25, 0.3) is 0 Å². The number of hydrogen-bond donors (Lipinski definition) is 0. The molecule has 0 bridgehead atoms. The van der Waals surface area contributed by atoms with Gasteiger partial charge < -0.3 is 24.8 Å². The van der Waals surface area contributed by atoms with Gasteiger partial charge in [-0.2, -0.15) is 6.08 Å². The Morgan fingerprint density at radius 3 is 2.11 bits per heavy atom. The van der Waals surface area contributed by atoms with Gasteiger partial charge in [-0.3, -0.25) is 6.08 Å². The van der Waals surface area contributed by atoms with Gasteiger partial charge >= 0.3 is 79.8 Å². The summed E-state index contributed by atoms with van der Waals surface area (Å²) in [6, 6.07) is 27.3. The van der Waals surface area contributed by atoms with Crippen molar-refractivity contribution in [1.29, 1.82) is 0 Å².